The fourth-order valence-electron chi connectivity index (χ4n) is 4.78. The maximum Gasteiger partial charge on any atom is 0.339 e. The number of ether oxygens (including phenoxy) is 2. The van der Waals surface area contributed by atoms with Gasteiger partial charge in [-0.05, 0) is 69.5 Å². The van der Waals surface area contributed by atoms with Crippen molar-refractivity contribution in [3.63, 3.8) is 0 Å². The molecule has 1 atom stereocenters. The summed E-state index contributed by atoms with van der Waals surface area (Å²) in [6, 6.07) is 22.2. The van der Waals surface area contributed by atoms with Gasteiger partial charge in [-0.3, -0.25) is 0 Å². The third-order valence-corrected chi connectivity index (χ3v) is 9.05. The Morgan fingerprint density at radius 3 is 1.31 bits per heavy atom. The fourth-order valence-corrected chi connectivity index (χ4v) is 5.88. The Morgan fingerprint density at radius 2 is 0.917 bits per heavy atom. The SMILES string of the molecule is CC(C)(C)c1ccc(COC(=O)c2ccc(S(=O)c3ccc(C(=O)O)c(C(=O)OCc4ccc(C(C)(C)C)cc4)c3)cc2C(=O)O)cc1. The molecule has 0 fully saturated rings. The Labute approximate surface area is 282 Å². The summed E-state index contributed by atoms with van der Waals surface area (Å²) >= 11 is 0. The van der Waals surface area contributed by atoms with Crippen LogP contribution < -0.4 is 0 Å². The average Bonchev–Trinajstić information content (AvgIpc) is 3.04. The van der Waals surface area contributed by atoms with Gasteiger partial charge in [-0.15, -0.1) is 0 Å². The van der Waals surface area contributed by atoms with E-state index in [4.69, 9.17) is 9.47 Å². The number of carbonyl (C=O) groups excluding carboxylic acids is 2. The van der Waals surface area contributed by atoms with Crippen LogP contribution in [0.1, 0.15) is 105 Å². The molecular weight excluding hydrogens is 632 g/mol. The highest BCUT2D eigenvalue weighted by Gasteiger charge is 2.24. The molecule has 0 aliphatic rings. The second-order valence-electron chi connectivity index (χ2n) is 13.3. The predicted molar refractivity (Wildman–Crippen MR) is 180 cm³/mol. The van der Waals surface area contributed by atoms with Crippen molar-refractivity contribution in [2.24, 2.45) is 0 Å². The van der Waals surface area contributed by atoms with E-state index >= 15 is 0 Å². The second kappa shape index (κ2) is 14.4. The minimum Gasteiger partial charge on any atom is -0.478 e. The normalized spacial score (nSPS) is 12.2. The number of rotatable bonds is 10. The van der Waals surface area contributed by atoms with Gasteiger partial charge >= 0.3 is 23.9 Å². The average molecular weight is 671 g/mol. The van der Waals surface area contributed by atoms with Crippen molar-refractivity contribution in [2.45, 2.75) is 75.4 Å². The summed E-state index contributed by atoms with van der Waals surface area (Å²) in [5.41, 5.74) is 2.22. The van der Waals surface area contributed by atoms with Crippen molar-refractivity contribution in [1.29, 1.82) is 0 Å². The summed E-state index contributed by atoms with van der Waals surface area (Å²) in [5, 5.41) is 19.6. The van der Waals surface area contributed by atoms with E-state index in [9.17, 15) is 33.6 Å². The summed E-state index contributed by atoms with van der Waals surface area (Å²) < 4.78 is 24.4. The zero-order valence-electron chi connectivity index (χ0n) is 27.7. The molecule has 0 heterocycles. The first-order valence-electron chi connectivity index (χ1n) is 15.2. The molecule has 0 aromatic heterocycles. The molecule has 0 saturated heterocycles. The topological polar surface area (TPSA) is 144 Å². The summed E-state index contributed by atoms with van der Waals surface area (Å²) in [6.07, 6.45) is 0. The number of hydrogen-bond acceptors (Lipinski definition) is 7. The molecular formula is C38H38O9S. The Kier molecular flexibility index (Phi) is 10.7. The largest absolute Gasteiger partial charge is 0.478 e. The van der Waals surface area contributed by atoms with E-state index in [2.05, 4.69) is 41.5 Å². The first kappa shape index (κ1) is 35.8. The molecule has 0 aliphatic heterocycles. The van der Waals surface area contributed by atoms with E-state index < -0.39 is 40.2 Å². The Balaban J connectivity index is 1.53. The summed E-state index contributed by atoms with van der Waals surface area (Å²) in [6.45, 7) is 12.3. The highest BCUT2D eigenvalue weighted by molar-refractivity contribution is 7.85. The van der Waals surface area contributed by atoms with Gasteiger partial charge in [0.1, 0.15) is 13.2 Å². The van der Waals surface area contributed by atoms with Crippen LogP contribution in [0.3, 0.4) is 0 Å². The van der Waals surface area contributed by atoms with Gasteiger partial charge in [-0.1, -0.05) is 90.1 Å². The molecule has 0 spiro atoms. The number of carbonyl (C=O) groups is 4. The first-order chi connectivity index (χ1) is 22.5. The van der Waals surface area contributed by atoms with Crippen molar-refractivity contribution in [1.82, 2.24) is 0 Å². The number of benzene rings is 4. The van der Waals surface area contributed by atoms with Gasteiger partial charge in [-0.2, -0.15) is 0 Å². The maximum atomic E-state index is 13.6. The summed E-state index contributed by atoms with van der Waals surface area (Å²) in [7, 11) is -2.05. The van der Waals surface area contributed by atoms with E-state index in [0.717, 1.165) is 34.9 Å². The van der Waals surface area contributed by atoms with Gasteiger partial charge < -0.3 is 19.7 Å². The highest BCUT2D eigenvalue weighted by Crippen LogP contribution is 2.26. The minimum absolute atomic E-state index is 0.0167. The predicted octanol–water partition coefficient (Wildman–Crippen LogP) is 7.56. The number of carboxylic acids is 2. The van der Waals surface area contributed by atoms with Crippen LogP contribution in [0.15, 0.2) is 94.7 Å². The summed E-state index contributed by atoms with van der Waals surface area (Å²) in [4.78, 5) is 50.0. The van der Waals surface area contributed by atoms with E-state index in [1.807, 2.05) is 48.5 Å². The third kappa shape index (κ3) is 8.63. The number of carboxylic acid groups (broad SMARTS) is 2. The van der Waals surface area contributed by atoms with Crippen LogP contribution in [-0.4, -0.2) is 38.3 Å². The van der Waals surface area contributed by atoms with Gasteiger partial charge in [0.2, 0.25) is 0 Å². The fraction of sp³-hybridized carbons (Fsp3) is 0.263. The number of hydrogen-bond donors (Lipinski definition) is 2. The molecule has 10 heteroatoms. The molecule has 0 saturated carbocycles. The van der Waals surface area contributed by atoms with Gasteiger partial charge in [0, 0.05) is 9.79 Å². The molecule has 1 unspecified atom stereocenters. The molecule has 9 nitrogen and oxygen atoms in total. The van der Waals surface area contributed by atoms with Crippen molar-refractivity contribution in [3.05, 3.63) is 129 Å². The van der Waals surface area contributed by atoms with E-state index in [1.54, 1.807) is 0 Å². The minimum atomic E-state index is -2.05. The van der Waals surface area contributed by atoms with Crippen molar-refractivity contribution in [2.75, 3.05) is 0 Å². The number of aromatic carboxylic acids is 2. The van der Waals surface area contributed by atoms with Crippen LogP contribution in [-0.2, 0) is 44.3 Å². The van der Waals surface area contributed by atoms with Gasteiger partial charge in [0.25, 0.3) is 0 Å². The molecule has 0 radical (unpaired) electrons. The van der Waals surface area contributed by atoms with Crippen molar-refractivity contribution >= 4 is 34.7 Å². The zero-order valence-corrected chi connectivity index (χ0v) is 28.5. The van der Waals surface area contributed by atoms with Gasteiger partial charge in [-0.25, -0.2) is 23.4 Å². The lowest BCUT2D eigenvalue weighted by Gasteiger charge is -2.19. The monoisotopic (exact) mass is 670 g/mol. The van der Waals surface area contributed by atoms with Gasteiger partial charge in [0.05, 0.1) is 33.1 Å². The maximum absolute atomic E-state index is 13.6. The molecule has 4 rings (SSSR count). The van der Waals surface area contributed by atoms with Crippen LogP contribution in [0.25, 0.3) is 0 Å². The lowest BCUT2D eigenvalue weighted by molar-refractivity contribution is 0.0457. The van der Waals surface area contributed by atoms with Crippen LogP contribution in [0.4, 0.5) is 0 Å². The molecule has 0 amide bonds. The second-order valence-corrected chi connectivity index (χ2v) is 14.8. The lowest BCUT2D eigenvalue weighted by atomic mass is 9.87. The van der Waals surface area contributed by atoms with E-state index in [1.165, 1.54) is 18.2 Å². The molecule has 4 aromatic carbocycles. The molecule has 250 valence electrons. The van der Waals surface area contributed by atoms with Crippen LogP contribution >= 0.6 is 0 Å². The molecule has 2 N–H and O–H groups in total. The molecule has 48 heavy (non-hydrogen) atoms. The lowest BCUT2D eigenvalue weighted by Crippen LogP contribution is -2.14. The zero-order chi connectivity index (χ0) is 35.4. The van der Waals surface area contributed by atoms with E-state index in [-0.39, 0.29) is 50.5 Å². The Hall–Kier alpha value is -5.09. The van der Waals surface area contributed by atoms with Crippen LogP contribution in [0.2, 0.25) is 0 Å². The smallest absolute Gasteiger partial charge is 0.339 e. The van der Waals surface area contributed by atoms with Crippen molar-refractivity contribution in [3.8, 4) is 0 Å². The Morgan fingerprint density at radius 1 is 0.542 bits per heavy atom. The quantitative estimate of drug-likeness (QED) is 0.163. The summed E-state index contributed by atoms with van der Waals surface area (Å²) in [5.74, 6) is -4.61. The van der Waals surface area contributed by atoms with Gasteiger partial charge in [0.15, 0.2) is 0 Å². The highest BCUT2D eigenvalue weighted by atomic mass is 32.2. The first-order valence-corrected chi connectivity index (χ1v) is 16.3. The number of esters is 2. The van der Waals surface area contributed by atoms with E-state index in [0.29, 0.717) is 5.56 Å². The third-order valence-electron chi connectivity index (χ3n) is 7.69. The van der Waals surface area contributed by atoms with Crippen LogP contribution in [0, 0.1) is 0 Å². The molecule has 4 aromatic rings. The Bertz CT molecular complexity index is 1880. The molecule has 0 aliphatic carbocycles. The molecule has 0 bridgehead atoms. The standard InChI is InChI=1S/C38H38O9S/c1-37(2,3)25-11-7-23(8-12-25)21-46-35(43)30-18-16-27(19-31(30)34(41)42)48(45)28-15-17-29(33(39)40)32(20-28)36(44)47-22-24-9-13-26(14-10-24)38(4,5)6/h7-20H,21-22H2,1-6H3,(H,39,40)(H,41,42). The van der Waals surface area contributed by atoms with Crippen LogP contribution in [0.5, 0.6) is 0 Å². The van der Waals surface area contributed by atoms with Crippen molar-refractivity contribution < 1.29 is 43.1 Å².